The van der Waals surface area contributed by atoms with Gasteiger partial charge < -0.3 is 5.11 Å². The van der Waals surface area contributed by atoms with E-state index in [1.165, 1.54) is 12.1 Å². The number of carboxylic acid groups (broad SMARTS) is 1. The molecule has 22 heavy (non-hydrogen) atoms. The summed E-state index contributed by atoms with van der Waals surface area (Å²) in [5.41, 5.74) is 2.56. The molecule has 2 aromatic carbocycles. The third kappa shape index (κ3) is 4.36. The van der Waals surface area contributed by atoms with E-state index < -0.39 is 16.8 Å². The van der Waals surface area contributed by atoms with E-state index in [1.807, 2.05) is 19.1 Å². The number of carboxylic acids is 1. The Kier molecular flexibility index (Phi) is 5.22. The number of ketones is 1. The van der Waals surface area contributed by atoms with Gasteiger partial charge in [0.25, 0.3) is 0 Å². The lowest BCUT2D eigenvalue weighted by Gasteiger charge is -2.04. The monoisotopic (exact) mass is 316 g/mol. The highest BCUT2D eigenvalue weighted by Gasteiger charge is 2.11. The van der Waals surface area contributed by atoms with Crippen molar-refractivity contribution in [1.29, 1.82) is 0 Å². The number of hydrogen-bond acceptors (Lipinski definition) is 3. The summed E-state index contributed by atoms with van der Waals surface area (Å²) in [7, 11) is -1.32. The Balaban J connectivity index is 1.96. The zero-order chi connectivity index (χ0) is 16.1. The maximum Gasteiger partial charge on any atom is 0.335 e. The highest BCUT2D eigenvalue weighted by Crippen LogP contribution is 2.09. The summed E-state index contributed by atoms with van der Waals surface area (Å²) in [6.45, 7) is 1.94. The van der Waals surface area contributed by atoms with E-state index in [2.05, 4.69) is 0 Å². The molecule has 0 spiro atoms. The van der Waals surface area contributed by atoms with E-state index in [1.54, 1.807) is 24.3 Å². The molecule has 0 aromatic heterocycles. The van der Waals surface area contributed by atoms with Gasteiger partial charge in [-0.15, -0.1) is 0 Å². The SMILES string of the molecule is Cc1ccc(C(=O)CS(=O)Cc2ccc(C(=O)O)cc2)cc1. The van der Waals surface area contributed by atoms with Crippen LogP contribution < -0.4 is 0 Å². The van der Waals surface area contributed by atoms with E-state index in [0.717, 1.165) is 11.1 Å². The maximum atomic E-state index is 12.1. The van der Waals surface area contributed by atoms with Gasteiger partial charge in [0.2, 0.25) is 0 Å². The van der Waals surface area contributed by atoms with Crippen LogP contribution in [0.5, 0.6) is 0 Å². The number of aromatic carboxylic acids is 1. The smallest absolute Gasteiger partial charge is 0.335 e. The number of Topliss-reactive ketones (excluding diaryl/α,β-unsaturated/α-hetero) is 1. The van der Waals surface area contributed by atoms with Crippen molar-refractivity contribution in [3.63, 3.8) is 0 Å². The van der Waals surface area contributed by atoms with Crippen LogP contribution >= 0.6 is 0 Å². The Morgan fingerprint density at radius 3 is 2.05 bits per heavy atom. The van der Waals surface area contributed by atoms with E-state index in [4.69, 9.17) is 5.11 Å². The molecule has 2 rings (SSSR count). The Hall–Kier alpha value is -2.27. The zero-order valence-corrected chi connectivity index (χ0v) is 12.9. The van der Waals surface area contributed by atoms with Crippen LogP contribution in [0.4, 0.5) is 0 Å². The first-order valence-corrected chi connectivity index (χ1v) is 8.21. The van der Waals surface area contributed by atoms with Gasteiger partial charge in [-0.05, 0) is 24.6 Å². The first-order valence-electron chi connectivity index (χ1n) is 6.73. The van der Waals surface area contributed by atoms with E-state index in [9.17, 15) is 13.8 Å². The van der Waals surface area contributed by atoms with Gasteiger partial charge in [0.15, 0.2) is 5.78 Å². The third-order valence-corrected chi connectivity index (χ3v) is 4.43. The van der Waals surface area contributed by atoms with E-state index in [-0.39, 0.29) is 22.9 Å². The van der Waals surface area contributed by atoms with Crippen LogP contribution in [0.2, 0.25) is 0 Å². The van der Waals surface area contributed by atoms with Crippen LogP contribution in [-0.4, -0.2) is 26.8 Å². The van der Waals surface area contributed by atoms with Gasteiger partial charge in [-0.3, -0.25) is 9.00 Å². The van der Waals surface area contributed by atoms with Gasteiger partial charge >= 0.3 is 5.97 Å². The second-order valence-electron chi connectivity index (χ2n) is 5.02. The van der Waals surface area contributed by atoms with Gasteiger partial charge in [-0.1, -0.05) is 42.0 Å². The molecule has 0 aliphatic carbocycles. The van der Waals surface area contributed by atoms with Crippen LogP contribution in [0.3, 0.4) is 0 Å². The van der Waals surface area contributed by atoms with Gasteiger partial charge in [-0.25, -0.2) is 4.79 Å². The Bertz CT molecular complexity index is 702. The lowest BCUT2D eigenvalue weighted by atomic mass is 10.1. The number of carbonyl (C=O) groups is 2. The van der Waals surface area contributed by atoms with Crippen molar-refractivity contribution in [2.45, 2.75) is 12.7 Å². The van der Waals surface area contributed by atoms with Crippen LogP contribution in [0.1, 0.15) is 31.8 Å². The first-order chi connectivity index (χ1) is 10.5. The fourth-order valence-corrected chi connectivity index (χ4v) is 3.07. The molecular formula is C17H16O4S. The Morgan fingerprint density at radius 1 is 0.955 bits per heavy atom. The lowest BCUT2D eigenvalue weighted by Crippen LogP contribution is -2.12. The highest BCUT2D eigenvalue weighted by molar-refractivity contribution is 7.85. The summed E-state index contributed by atoms with van der Waals surface area (Å²) in [6.07, 6.45) is 0. The first kappa shape index (κ1) is 16.1. The summed E-state index contributed by atoms with van der Waals surface area (Å²) in [4.78, 5) is 22.8. The molecule has 1 atom stereocenters. The van der Waals surface area contributed by atoms with Crippen molar-refractivity contribution >= 4 is 22.6 Å². The van der Waals surface area contributed by atoms with Gasteiger partial charge in [0, 0.05) is 22.1 Å². The van der Waals surface area contributed by atoms with Crippen molar-refractivity contribution in [2.24, 2.45) is 0 Å². The van der Waals surface area contributed by atoms with Crippen LogP contribution in [0.25, 0.3) is 0 Å². The lowest BCUT2D eigenvalue weighted by molar-refractivity contribution is 0.0696. The number of carbonyl (C=O) groups excluding carboxylic acids is 1. The topological polar surface area (TPSA) is 71.4 Å². The van der Waals surface area contributed by atoms with E-state index in [0.29, 0.717) is 5.56 Å². The minimum Gasteiger partial charge on any atom is -0.478 e. The van der Waals surface area contributed by atoms with Crippen molar-refractivity contribution in [3.05, 3.63) is 70.8 Å². The minimum absolute atomic E-state index is 0.0380. The van der Waals surface area contributed by atoms with Crippen molar-refractivity contribution in [2.75, 3.05) is 5.75 Å². The fourth-order valence-electron chi connectivity index (χ4n) is 1.95. The second-order valence-corrected chi connectivity index (χ2v) is 6.48. The molecular weight excluding hydrogens is 300 g/mol. The number of hydrogen-bond donors (Lipinski definition) is 1. The molecule has 0 bridgehead atoms. The zero-order valence-electron chi connectivity index (χ0n) is 12.1. The highest BCUT2D eigenvalue weighted by atomic mass is 32.2. The van der Waals surface area contributed by atoms with Crippen LogP contribution in [-0.2, 0) is 16.6 Å². The normalized spacial score (nSPS) is 11.9. The molecule has 2 aromatic rings. The fraction of sp³-hybridized carbons (Fsp3) is 0.176. The van der Waals surface area contributed by atoms with Gasteiger partial charge in [0.05, 0.1) is 11.3 Å². The molecule has 0 saturated carbocycles. The largest absolute Gasteiger partial charge is 0.478 e. The molecule has 0 heterocycles. The molecule has 1 unspecified atom stereocenters. The molecule has 0 radical (unpaired) electrons. The standard InChI is InChI=1S/C17H16O4S/c1-12-2-6-14(7-3-12)16(18)11-22(21)10-13-4-8-15(9-5-13)17(19)20/h2-9H,10-11H2,1H3,(H,19,20). The van der Waals surface area contributed by atoms with Gasteiger partial charge in [0.1, 0.15) is 0 Å². The third-order valence-electron chi connectivity index (χ3n) is 3.19. The second kappa shape index (κ2) is 7.13. The molecule has 0 aliphatic rings. The maximum absolute atomic E-state index is 12.1. The molecule has 5 heteroatoms. The van der Waals surface area contributed by atoms with Crippen LogP contribution in [0, 0.1) is 6.92 Å². The van der Waals surface area contributed by atoms with Crippen molar-refractivity contribution < 1.29 is 18.9 Å². The predicted octanol–water partition coefficient (Wildman–Crippen LogP) is 2.82. The summed E-state index contributed by atoms with van der Waals surface area (Å²) in [5, 5.41) is 8.82. The van der Waals surface area contributed by atoms with Crippen LogP contribution in [0.15, 0.2) is 48.5 Å². The van der Waals surface area contributed by atoms with Crippen molar-refractivity contribution in [1.82, 2.24) is 0 Å². The van der Waals surface area contributed by atoms with Gasteiger partial charge in [-0.2, -0.15) is 0 Å². The van der Waals surface area contributed by atoms with E-state index >= 15 is 0 Å². The predicted molar refractivity (Wildman–Crippen MR) is 85.6 cm³/mol. The summed E-state index contributed by atoms with van der Waals surface area (Å²) in [6, 6.07) is 13.3. The molecule has 0 amide bonds. The minimum atomic E-state index is -1.32. The number of rotatable bonds is 6. The molecule has 114 valence electrons. The van der Waals surface area contributed by atoms with Crippen molar-refractivity contribution in [3.8, 4) is 0 Å². The molecule has 1 N–H and O–H groups in total. The number of benzene rings is 2. The number of aryl methyl sites for hydroxylation is 1. The summed E-state index contributed by atoms with van der Waals surface area (Å²) >= 11 is 0. The molecule has 0 aliphatic heterocycles. The average molecular weight is 316 g/mol. The summed E-state index contributed by atoms with van der Waals surface area (Å²) in [5.74, 6) is -0.955. The molecule has 0 fully saturated rings. The molecule has 4 nitrogen and oxygen atoms in total. The Labute approximate surface area is 131 Å². The Morgan fingerprint density at radius 2 is 1.50 bits per heavy atom. The average Bonchev–Trinajstić information content (AvgIpc) is 2.48. The molecule has 0 saturated heterocycles. The summed E-state index contributed by atoms with van der Waals surface area (Å²) < 4.78 is 12.1. The quantitative estimate of drug-likeness (QED) is 0.832.